The van der Waals surface area contributed by atoms with Crippen LogP contribution in [0.1, 0.15) is 46.6 Å². The van der Waals surface area contributed by atoms with Gasteiger partial charge in [0.15, 0.2) is 11.4 Å². The number of imidazole rings is 1. The van der Waals surface area contributed by atoms with Gasteiger partial charge in [-0.15, -0.1) is 0 Å². The van der Waals surface area contributed by atoms with Crippen LogP contribution in [-0.2, 0) is 6.61 Å². The number of nitrogens with zero attached hydrogens (tertiary/aromatic N) is 3. The second kappa shape index (κ2) is 11.3. The zero-order valence-corrected chi connectivity index (χ0v) is 19.3. The van der Waals surface area contributed by atoms with E-state index < -0.39 is 29.7 Å². The van der Waals surface area contributed by atoms with Crippen LogP contribution in [0.25, 0.3) is 5.65 Å². The van der Waals surface area contributed by atoms with Crippen molar-refractivity contribution in [1.29, 1.82) is 5.26 Å². The Morgan fingerprint density at radius 2 is 2.00 bits per heavy atom. The third kappa shape index (κ3) is 6.23. The fourth-order valence-electron chi connectivity index (χ4n) is 3.68. The normalized spacial score (nSPS) is 11.6. The molecular weight excluding hydrogens is 460 g/mol. The van der Waals surface area contributed by atoms with Crippen LogP contribution in [0, 0.1) is 36.8 Å². The highest BCUT2D eigenvalue weighted by atomic mass is 19.1. The number of amides is 2. The lowest BCUT2D eigenvalue weighted by Gasteiger charge is -2.17. The van der Waals surface area contributed by atoms with E-state index in [0.29, 0.717) is 24.2 Å². The van der Waals surface area contributed by atoms with Crippen LogP contribution in [0.15, 0.2) is 30.5 Å². The summed E-state index contributed by atoms with van der Waals surface area (Å²) in [5.41, 5.74) is 1.40. The maximum atomic E-state index is 14.0. The molecule has 0 bridgehead atoms. The minimum atomic E-state index is -1.23. The van der Waals surface area contributed by atoms with Crippen LogP contribution in [-0.4, -0.2) is 39.1 Å². The van der Waals surface area contributed by atoms with Crippen LogP contribution < -0.4 is 15.4 Å². The van der Waals surface area contributed by atoms with E-state index in [1.54, 1.807) is 26.1 Å². The van der Waals surface area contributed by atoms with Crippen molar-refractivity contribution in [3.63, 3.8) is 0 Å². The largest absolute Gasteiger partial charge is 0.485 e. The van der Waals surface area contributed by atoms with E-state index in [2.05, 4.69) is 15.6 Å². The predicted molar refractivity (Wildman–Crippen MR) is 122 cm³/mol. The average molecular weight is 485 g/mol. The van der Waals surface area contributed by atoms with Crippen molar-refractivity contribution in [2.45, 2.75) is 45.8 Å². The highest BCUT2D eigenvalue weighted by Crippen LogP contribution is 2.26. The van der Waals surface area contributed by atoms with Gasteiger partial charge in [-0.25, -0.2) is 18.6 Å². The fraction of sp³-hybridized carbons (Fsp3) is 0.333. The second-order valence-electron chi connectivity index (χ2n) is 8.02. The Hall–Kier alpha value is -4.20. The number of benzene rings is 1. The van der Waals surface area contributed by atoms with E-state index in [0.717, 1.165) is 17.7 Å². The number of carboxylic acid groups (broad SMARTS) is 1. The molecule has 9 nitrogen and oxygen atoms in total. The molecule has 0 aliphatic carbocycles. The molecule has 0 radical (unpaired) electrons. The molecule has 1 atom stereocenters. The Bertz CT molecular complexity index is 1260. The van der Waals surface area contributed by atoms with Crippen LogP contribution in [0.5, 0.6) is 5.75 Å². The van der Waals surface area contributed by atoms with Crippen molar-refractivity contribution in [1.82, 2.24) is 20.0 Å². The predicted octanol–water partition coefficient (Wildman–Crippen LogP) is 3.87. The van der Waals surface area contributed by atoms with Crippen molar-refractivity contribution in [3.05, 3.63) is 64.6 Å². The van der Waals surface area contributed by atoms with Crippen molar-refractivity contribution in [3.8, 4) is 11.8 Å². The van der Waals surface area contributed by atoms with Gasteiger partial charge in [-0.1, -0.05) is 6.07 Å². The van der Waals surface area contributed by atoms with Gasteiger partial charge in [0.1, 0.15) is 23.9 Å². The SMILES string of the molecule is Cc1cc(OCc2c(F)cccc2F)c2nc(C)c(C(=O)NCC(CCCC#N)NC(=O)O)n2c1. The summed E-state index contributed by atoms with van der Waals surface area (Å²) < 4.78 is 35.2. The van der Waals surface area contributed by atoms with Gasteiger partial charge >= 0.3 is 6.09 Å². The Labute approximate surface area is 200 Å². The van der Waals surface area contributed by atoms with Gasteiger partial charge in [0.05, 0.1) is 17.3 Å². The van der Waals surface area contributed by atoms with Gasteiger partial charge < -0.3 is 20.5 Å². The monoisotopic (exact) mass is 485 g/mol. The number of rotatable bonds is 10. The molecule has 0 saturated heterocycles. The summed E-state index contributed by atoms with van der Waals surface area (Å²) in [5.74, 6) is -1.69. The first kappa shape index (κ1) is 25.4. The number of hydrogen-bond donors (Lipinski definition) is 3. The molecule has 0 spiro atoms. The maximum Gasteiger partial charge on any atom is 0.404 e. The summed E-state index contributed by atoms with van der Waals surface area (Å²) in [4.78, 5) is 28.5. The Morgan fingerprint density at radius 1 is 1.29 bits per heavy atom. The smallest absolute Gasteiger partial charge is 0.404 e. The summed E-state index contributed by atoms with van der Waals surface area (Å²) in [5, 5.41) is 22.8. The summed E-state index contributed by atoms with van der Waals surface area (Å²) >= 11 is 0. The van der Waals surface area contributed by atoms with E-state index in [9.17, 15) is 18.4 Å². The first-order valence-corrected chi connectivity index (χ1v) is 10.9. The number of carbonyl (C=O) groups is 2. The molecule has 3 aromatic rings. The first-order chi connectivity index (χ1) is 16.7. The third-order valence-electron chi connectivity index (χ3n) is 5.32. The van der Waals surface area contributed by atoms with Gasteiger partial charge in [-0.3, -0.25) is 9.20 Å². The molecule has 35 heavy (non-hydrogen) atoms. The first-order valence-electron chi connectivity index (χ1n) is 10.9. The van der Waals surface area contributed by atoms with Crippen LogP contribution >= 0.6 is 0 Å². The lowest BCUT2D eigenvalue weighted by Crippen LogP contribution is -2.43. The summed E-state index contributed by atoms with van der Waals surface area (Å²) in [7, 11) is 0. The van der Waals surface area contributed by atoms with E-state index in [-0.39, 0.29) is 36.6 Å². The molecule has 3 N–H and O–H groups in total. The summed E-state index contributed by atoms with van der Waals surface area (Å²) in [6.45, 7) is 3.06. The number of nitrogens with one attached hydrogen (secondary N) is 2. The molecular formula is C24H25F2N5O4. The number of halogens is 2. The molecule has 0 fully saturated rings. The van der Waals surface area contributed by atoms with Crippen LogP contribution in [0.4, 0.5) is 13.6 Å². The Morgan fingerprint density at radius 3 is 2.66 bits per heavy atom. The average Bonchev–Trinajstić information content (AvgIpc) is 3.12. The maximum absolute atomic E-state index is 14.0. The highest BCUT2D eigenvalue weighted by molar-refractivity contribution is 5.95. The number of hydrogen-bond acceptors (Lipinski definition) is 5. The highest BCUT2D eigenvalue weighted by Gasteiger charge is 2.21. The molecule has 2 amide bonds. The quantitative estimate of drug-likeness (QED) is 0.374. The number of fused-ring (bicyclic) bond motifs is 1. The van der Waals surface area contributed by atoms with E-state index in [1.165, 1.54) is 10.5 Å². The van der Waals surface area contributed by atoms with Crippen molar-refractivity contribution < 1.29 is 28.2 Å². The number of aromatic nitrogens is 2. The van der Waals surface area contributed by atoms with E-state index in [4.69, 9.17) is 15.1 Å². The van der Waals surface area contributed by atoms with Crippen LogP contribution in [0.3, 0.4) is 0 Å². The lowest BCUT2D eigenvalue weighted by molar-refractivity contribution is 0.0941. The van der Waals surface area contributed by atoms with E-state index >= 15 is 0 Å². The minimum Gasteiger partial charge on any atom is -0.485 e. The number of carbonyl (C=O) groups excluding carboxylic acids is 1. The number of unbranched alkanes of at least 4 members (excludes halogenated alkanes) is 1. The van der Waals surface area contributed by atoms with Crippen molar-refractivity contribution >= 4 is 17.6 Å². The molecule has 2 heterocycles. The molecule has 0 aliphatic heterocycles. The molecule has 0 saturated carbocycles. The second-order valence-corrected chi connectivity index (χ2v) is 8.02. The van der Waals surface area contributed by atoms with Gasteiger partial charge in [-0.2, -0.15) is 5.26 Å². The fourth-order valence-corrected chi connectivity index (χ4v) is 3.68. The number of nitriles is 1. The lowest BCUT2D eigenvalue weighted by atomic mass is 10.1. The Balaban J connectivity index is 1.82. The number of aryl methyl sites for hydroxylation is 2. The molecule has 11 heteroatoms. The topological polar surface area (TPSA) is 129 Å². The minimum absolute atomic E-state index is 0.0188. The van der Waals surface area contributed by atoms with Gasteiger partial charge in [0.2, 0.25) is 0 Å². The third-order valence-corrected chi connectivity index (χ3v) is 5.32. The molecule has 0 aliphatic rings. The van der Waals surface area contributed by atoms with Gasteiger partial charge in [0.25, 0.3) is 5.91 Å². The van der Waals surface area contributed by atoms with Crippen LogP contribution in [0.2, 0.25) is 0 Å². The summed E-state index contributed by atoms with van der Waals surface area (Å²) in [6.07, 6.45) is 1.60. The standard InChI is InChI=1S/C24H25F2N5O4/c1-14-10-20(35-13-17-18(25)7-5-8-19(17)26)22-29-15(2)21(31(22)12-14)23(32)28-11-16(30-24(33)34)6-3-4-9-27/h5,7-8,10,12,16,30H,3-4,6,11,13H2,1-2H3,(H,28,32)(H,33,34). The molecule has 1 aromatic carbocycles. The molecule has 184 valence electrons. The zero-order valence-electron chi connectivity index (χ0n) is 19.3. The molecule has 2 aromatic heterocycles. The Kier molecular flexibility index (Phi) is 8.20. The number of pyridine rings is 1. The van der Waals surface area contributed by atoms with Gasteiger partial charge in [0, 0.05) is 25.2 Å². The molecule has 1 unspecified atom stereocenters. The van der Waals surface area contributed by atoms with E-state index in [1.807, 2.05) is 6.07 Å². The van der Waals surface area contributed by atoms with Crippen molar-refractivity contribution in [2.24, 2.45) is 0 Å². The van der Waals surface area contributed by atoms with Gasteiger partial charge in [-0.05, 0) is 50.5 Å². The van der Waals surface area contributed by atoms with Crippen molar-refractivity contribution in [2.75, 3.05) is 6.54 Å². The molecule has 3 rings (SSSR count). The number of ether oxygens (including phenoxy) is 1. The summed E-state index contributed by atoms with van der Waals surface area (Å²) in [6, 6.07) is 6.64. The zero-order chi connectivity index (χ0) is 25.5.